The smallest absolute Gasteiger partial charge is 0.237 e. The van der Waals surface area contributed by atoms with Crippen LogP contribution in [0.15, 0.2) is 61.2 Å². The molecule has 134 valence electrons. The van der Waals surface area contributed by atoms with Gasteiger partial charge in [0.2, 0.25) is 5.88 Å². The van der Waals surface area contributed by atoms with Gasteiger partial charge in [-0.15, -0.1) is 0 Å². The molecule has 0 spiro atoms. The van der Waals surface area contributed by atoms with Gasteiger partial charge >= 0.3 is 0 Å². The van der Waals surface area contributed by atoms with E-state index in [-0.39, 0.29) is 0 Å². The fourth-order valence-electron chi connectivity index (χ4n) is 2.61. The number of nitrogens with zero attached hydrogens (tertiary/aromatic N) is 4. The van der Waals surface area contributed by atoms with Crippen LogP contribution in [0.5, 0.6) is 11.6 Å². The molecule has 0 unspecified atom stereocenters. The Kier molecular flexibility index (Phi) is 4.49. The SMILES string of the molecule is CNc1ccc2ncnc(Nc3ccc(Oc4cnc(C)cn4)cc3)c2c1. The second-order valence-corrected chi connectivity index (χ2v) is 5.95. The molecule has 0 radical (unpaired) electrons. The Bertz CT molecular complexity index is 1060. The molecule has 4 aromatic rings. The Labute approximate surface area is 156 Å². The number of aromatic nitrogens is 4. The molecular weight excluding hydrogens is 340 g/mol. The molecule has 0 saturated carbocycles. The van der Waals surface area contributed by atoms with Crippen molar-refractivity contribution < 1.29 is 4.74 Å². The highest BCUT2D eigenvalue weighted by atomic mass is 16.5. The molecule has 0 aliphatic rings. The standard InChI is InChI=1S/C20H18N6O/c1-13-10-23-19(11-22-13)27-16-6-3-14(4-7-16)26-20-17-9-15(21-2)5-8-18(17)24-12-25-20/h3-12,21H,1-2H3,(H,24,25,26). The van der Waals surface area contributed by atoms with Crippen molar-refractivity contribution in [2.75, 3.05) is 17.7 Å². The monoisotopic (exact) mass is 358 g/mol. The third-order valence-corrected chi connectivity index (χ3v) is 4.02. The van der Waals surface area contributed by atoms with E-state index in [1.165, 1.54) is 0 Å². The summed E-state index contributed by atoms with van der Waals surface area (Å²) in [5, 5.41) is 7.41. The van der Waals surface area contributed by atoms with Crippen molar-refractivity contribution in [3.8, 4) is 11.6 Å². The second-order valence-electron chi connectivity index (χ2n) is 5.95. The first-order valence-electron chi connectivity index (χ1n) is 8.47. The zero-order valence-electron chi connectivity index (χ0n) is 15.0. The number of benzene rings is 2. The third kappa shape index (κ3) is 3.77. The first kappa shape index (κ1) is 16.7. The molecule has 0 atom stereocenters. The normalized spacial score (nSPS) is 10.6. The molecule has 0 aliphatic carbocycles. The highest BCUT2D eigenvalue weighted by molar-refractivity contribution is 5.92. The van der Waals surface area contributed by atoms with Gasteiger partial charge in [0.05, 0.1) is 23.6 Å². The molecule has 2 heterocycles. The van der Waals surface area contributed by atoms with E-state index < -0.39 is 0 Å². The van der Waals surface area contributed by atoms with E-state index in [0.717, 1.165) is 33.8 Å². The van der Waals surface area contributed by atoms with Gasteiger partial charge in [0.1, 0.15) is 17.9 Å². The number of nitrogens with one attached hydrogen (secondary N) is 2. The van der Waals surface area contributed by atoms with Crippen molar-refractivity contribution in [2.45, 2.75) is 6.92 Å². The molecule has 7 nitrogen and oxygen atoms in total. The average Bonchev–Trinajstić information content (AvgIpc) is 2.71. The van der Waals surface area contributed by atoms with Crippen LogP contribution in [0.2, 0.25) is 0 Å². The molecule has 0 saturated heterocycles. The van der Waals surface area contributed by atoms with E-state index in [4.69, 9.17) is 4.74 Å². The van der Waals surface area contributed by atoms with E-state index in [0.29, 0.717) is 11.6 Å². The van der Waals surface area contributed by atoms with Crippen LogP contribution in [-0.4, -0.2) is 27.0 Å². The molecule has 2 aromatic carbocycles. The van der Waals surface area contributed by atoms with Crippen molar-refractivity contribution in [3.05, 3.63) is 66.9 Å². The summed E-state index contributed by atoms with van der Waals surface area (Å²) in [5.41, 5.74) is 3.63. The van der Waals surface area contributed by atoms with Crippen LogP contribution in [0.25, 0.3) is 10.9 Å². The van der Waals surface area contributed by atoms with Gasteiger partial charge in [-0.3, -0.25) is 4.98 Å². The minimum atomic E-state index is 0.461. The molecule has 2 N–H and O–H groups in total. The minimum absolute atomic E-state index is 0.461. The Morgan fingerprint density at radius 2 is 1.67 bits per heavy atom. The molecule has 0 bridgehead atoms. The number of ether oxygens (including phenoxy) is 1. The second kappa shape index (κ2) is 7.25. The highest BCUT2D eigenvalue weighted by Crippen LogP contribution is 2.27. The van der Waals surface area contributed by atoms with Gasteiger partial charge in [-0.2, -0.15) is 0 Å². The topological polar surface area (TPSA) is 84.9 Å². The van der Waals surface area contributed by atoms with Crippen molar-refractivity contribution in [3.63, 3.8) is 0 Å². The lowest BCUT2D eigenvalue weighted by atomic mass is 10.2. The van der Waals surface area contributed by atoms with E-state index in [9.17, 15) is 0 Å². The summed E-state index contributed by atoms with van der Waals surface area (Å²) in [6.07, 6.45) is 4.83. The lowest BCUT2D eigenvalue weighted by Crippen LogP contribution is -1.97. The first-order chi connectivity index (χ1) is 13.2. The number of hydrogen-bond donors (Lipinski definition) is 2. The average molecular weight is 358 g/mol. The summed E-state index contributed by atoms with van der Waals surface area (Å²) in [7, 11) is 1.88. The van der Waals surface area contributed by atoms with Gasteiger partial charge in [-0.1, -0.05) is 0 Å². The zero-order valence-corrected chi connectivity index (χ0v) is 15.0. The fraction of sp³-hybridized carbons (Fsp3) is 0.100. The van der Waals surface area contributed by atoms with Crippen LogP contribution in [-0.2, 0) is 0 Å². The molecular formula is C20H18N6O. The van der Waals surface area contributed by atoms with Gasteiger partial charge in [0.25, 0.3) is 0 Å². The predicted octanol–water partition coefficient (Wildman–Crippen LogP) is 4.31. The Hall–Kier alpha value is -3.74. The van der Waals surface area contributed by atoms with Crippen LogP contribution in [0.3, 0.4) is 0 Å². The maximum absolute atomic E-state index is 5.70. The van der Waals surface area contributed by atoms with Crippen molar-refractivity contribution in [1.29, 1.82) is 0 Å². The van der Waals surface area contributed by atoms with Gasteiger partial charge in [0.15, 0.2) is 0 Å². The van der Waals surface area contributed by atoms with Crippen molar-refractivity contribution in [1.82, 2.24) is 19.9 Å². The zero-order chi connectivity index (χ0) is 18.6. The van der Waals surface area contributed by atoms with Crippen molar-refractivity contribution in [2.24, 2.45) is 0 Å². The Balaban J connectivity index is 1.55. The Morgan fingerprint density at radius 3 is 2.41 bits per heavy atom. The molecule has 2 aromatic heterocycles. The maximum Gasteiger partial charge on any atom is 0.237 e. The van der Waals surface area contributed by atoms with Gasteiger partial charge < -0.3 is 15.4 Å². The van der Waals surface area contributed by atoms with E-state index >= 15 is 0 Å². The van der Waals surface area contributed by atoms with Crippen LogP contribution >= 0.6 is 0 Å². The minimum Gasteiger partial charge on any atom is -0.438 e. The summed E-state index contributed by atoms with van der Waals surface area (Å²) in [4.78, 5) is 17.1. The molecule has 4 rings (SSSR count). The fourth-order valence-corrected chi connectivity index (χ4v) is 2.61. The van der Waals surface area contributed by atoms with Crippen LogP contribution in [0.4, 0.5) is 17.2 Å². The van der Waals surface area contributed by atoms with Crippen LogP contribution < -0.4 is 15.4 Å². The van der Waals surface area contributed by atoms with Gasteiger partial charge in [-0.05, 0) is 49.4 Å². The summed E-state index contributed by atoms with van der Waals surface area (Å²) in [6, 6.07) is 13.6. The largest absolute Gasteiger partial charge is 0.438 e. The summed E-state index contributed by atoms with van der Waals surface area (Å²) in [5.74, 6) is 1.89. The Morgan fingerprint density at radius 1 is 0.852 bits per heavy atom. The molecule has 27 heavy (non-hydrogen) atoms. The van der Waals surface area contributed by atoms with Crippen LogP contribution in [0.1, 0.15) is 5.69 Å². The number of anilines is 3. The summed E-state index contributed by atoms with van der Waals surface area (Å²) in [6.45, 7) is 1.88. The number of fused-ring (bicyclic) bond motifs is 1. The van der Waals surface area contributed by atoms with Crippen LogP contribution in [0, 0.1) is 6.92 Å². The van der Waals surface area contributed by atoms with Crippen molar-refractivity contribution >= 4 is 28.1 Å². The third-order valence-electron chi connectivity index (χ3n) is 4.02. The number of aryl methyl sites for hydroxylation is 1. The lowest BCUT2D eigenvalue weighted by molar-refractivity contribution is 0.459. The van der Waals surface area contributed by atoms with E-state index in [2.05, 4.69) is 30.6 Å². The van der Waals surface area contributed by atoms with E-state index in [1.54, 1.807) is 18.7 Å². The molecule has 0 fully saturated rings. The summed E-state index contributed by atoms with van der Waals surface area (Å²) < 4.78 is 5.70. The first-order valence-corrected chi connectivity index (χ1v) is 8.47. The number of hydrogen-bond acceptors (Lipinski definition) is 7. The molecule has 0 amide bonds. The maximum atomic E-state index is 5.70. The molecule has 0 aliphatic heterocycles. The predicted molar refractivity (Wildman–Crippen MR) is 106 cm³/mol. The quantitative estimate of drug-likeness (QED) is 0.550. The number of rotatable bonds is 5. The van der Waals surface area contributed by atoms with E-state index in [1.807, 2.05) is 56.4 Å². The van der Waals surface area contributed by atoms with Gasteiger partial charge in [0, 0.05) is 23.8 Å². The van der Waals surface area contributed by atoms with Gasteiger partial charge in [-0.25, -0.2) is 15.0 Å². The highest BCUT2D eigenvalue weighted by Gasteiger charge is 2.06. The molecule has 7 heteroatoms. The lowest BCUT2D eigenvalue weighted by Gasteiger charge is -2.10. The summed E-state index contributed by atoms with van der Waals surface area (Å²) >= 11 is 0.